The third kappa shape index (κ3) is 5.51. The van der Waals surface area contributed by atoms with E-state index in [1.54, 1.807) is 12.5 Å². The number of amides is 1. The van der Waals surface area contributed by atoms with Crippen molar-refractivity contribution in [1.29, 1.82) is 0 Å². The molecular weight excluding hydrogens is 362 g/mol. The van der Waals surface area contributed by atoms with E-state index in [0.717, 1.165) is 36.0 Å². The Balaban J connectivity index is 1.53. The zero-order chi connectivity index (χ0) is 19.2. The van der Waals surface area contributed by atoms with Crippen LogP contribution in [0.3, 0.4) is 0 Å². The van der Waals surface area contributed by atoms with Gasteiger partial charge in [-0.05, 0) is 30.2 Å². The Kier molecular flexibility index (Phi) is 6.82. The van der Waals surface area contributed by atoms with Crippen molar-refractivity contribution in [3.8, 4) is 16.3 Å². The summed E-state index contributed by atoms with van der Waals surface area (Å²) in [6.07, 6.45) is 0.0288. The minimum absolute atomic E-state index is 0.0288. The van der Waals surface area contributed by atoms with E-state index < -0.39 is 0 Å². The quantitative estimate of drug-likeness (QED) is 0.789. The summed E-state index contributed by atoms with van der Waals surface area (Å²) >= 11 is 1.46. The molecule has 0 saturated carbocycles. The van der Waals surface area contributed by atoms with Crippen LogP contribution in [-0.2, 0) is 4.74 Å². The fourth-order valence-corrected chi connectivity index (χ4v) is 3.93. The summed E-state index contributed by atoms with van der Waals surface area (Å²) in [6.45, 7) is 8.52. The second kappa shape index (κ2) is 9.30. The number of morpholine rings is 1. The standard InChI is InChI=1S/C20H27N3O3S/c1-14(2)11-23-8-9-26-17(12-23)10-21-19(24)18-13-27-20(22-18)15-4-6-16(25-3)7-5-15/h4-7,13-14,17H,8-12H2,1-3H3,(H,21,24). The van der Waals surface area contributed by atoms with Crippen LogP contribution in [0.15, 0.2) is 29.6 Å². The smallest absolute Gasteiger partial charge is 0.270 e. The molecule has 3 rings (SSSR count). The zero-order valence-corrected chi connectivity index (χ0v) is 16.9. The summed E-state index contributed by atoms with van der Waals surface area (Å²) in [5, 5.41) is 5.57. The molecule has 1 fully saturated rings. The SMILES string of the molecule is COc1ccc(-c2nc(C(=O)NCC3CN(CC(C)C)CCO3)cs2)cc1. The molecule has 27 heavy (non-hydrogen) atoms. The van der Waals surface area contributed by atoms with Crippen molar-refractivity contribution in [2.24, 2.45) is 5.92 Å². The largest absolute Gasteiger partial charge is 0.497 e. The lowest BCUT2D eigenvalue weighted by molar-refractivity contribution is -0.0295. The van der Waals surface area contributed by atoms with Gasteiger partial charge in [0.25, 0.3) is 5.91 Å². The lowest BCUT2D eigenvalue weighted by Crippen LogP contribution is -2.48. The number of carbonyl (C=O) groups excluding carboxylic acids is 1. The third-order valence-corrected chi connectivity index (χ3v) is 5.30. The molecule has 7 heteroatoms. The Morgan fingerprint density at radius 2 is 2.19 bits per heavy atom. The van der Waals surface area contributed by atoms with Crippen LogP contribution < -0.4 is 10.1 Å². The van der Waals surface area contributed by atoms with Crippen molar-refractivity contribution in [3.63, 3.8) is 0 Å². The van der Waals surface area contributed by atoms with Crippen LogP contribution in [0.2, 0.25) is 0 Å². The molecule has 1 aliphatic rings. The number of rotatable bonds is 7. The van der Waals surface area contributed by atoms with Crippen molar-refractivity contribution in [1.82, 2.24) is 15.2 Å². The van der Waals surface area contributed by atoms with Crippen molar-refractivity contribution in [3.05, 3.63) is 35.3 Å². The van der Waals surface area contributed by atoms with Gasteiger partial charge in [-0.3, -0.25) is 9.69 Å². The molecule has 1 aromatic carbocycles. The molecule has 6 nitrogen and oxygen atoms in total. The van der Waals surface area contributed by atoms with Gasteiger partial charge in [-0.1, -0.05) is 13.8 Å². The van der Waals surface area contributed by atoms with E-state index >= 15 is 0 Å². The first-order chi connectivity index (χ1) is 13.0. The maximum atomic E-state index is 12.4. The number of hydrogen-bond acceptors (Lipinski definition) is 6. The Morgan fingerprint density at radius 3 is 2.89 bits per heavy atom. The fourth-order valence-electron chi connectivity index (χ4n) is 3.13. The van der Waals surface area contributed by atoms with Gasteiger partial charge in [0.2, 0.25) is 0 Å². The van der Waals surface area contributed by atoms with E-state index in [2.05, 4.69) is 29.0 Å². The van der Waals surface area contributed by atoms with Crippen LogP contribution in [-0.4, -0.2) is 61.8 Å². The molecule has 0 bridgehead atoms. The number of hydrogen-bond donors (Lipinski definition) is 1. The van der Waals surface area contributed by atoms with Crippen LogP contribution in [0.25, 0.3) is 10.6 Å². The highest BCUT2D eigenvalue weighted by Crippen LogP contribution is 2.25. The molecular formula is C20H27N3O3S. The van der Waals surface area contributed by atoms with Gasteiger partial charge in [-0.15, -0.1) is 11.3 Å². The zero-order valence-electron chi connectivity index (χ0n) is 16.1. The van der Waals surface area contributed by atoms with Gasteiger partial charge < -0.3 is 14.8 Å². The van der Waals surface area contributed by atoms with Crippen LogP contribution in [0, 0.1) is 5.92 Å². The second-order valence-corrected chi connectivity index (χ2v) is 7.98. The minimum atomic E-state index is -0.157. The number of methoxy groups -OCH3 is 1. The Morgan fingerprint density at radius 1 is 1.41 bits per heavy atom. The average molecular weight is 390 g/mol. The van der Waals surface area contributed by atoms with Gasteiger partial charge in [0.1, 0.15) is 16.5 Å². The van der Waals surface area contributed by atoms with Gasteiger partial charge >= 0.3 is 0 Å². The summed E-state index contributed by atoms with van der Waals surface area (Å²) in [4.78, 5) is 19.3. The van der Waals surface area contributed by atoms with Crippen molar-refractivity contribution in [2.75, 3.05) is 39.9 Å². The first-order valence-corrected chi connectivity index (χ1v) is 10.1. The number of aromatic nitrogens is 1. The van der Waals surface area contributed by atoms with Gasteiger partial charge in [0, 0.05) is 37.1 Å². The number of carbonyl (C=O) groups is 1. The molecule has 2 aromatic rings. The van der Waals surface area contributed by atoms with Crippen molar-refractivity contribution >= 4 is 17.2 Å². The van der Waals surface area contributed by atoms with E-state index in [4.69, 9.17) is 9.47 Å². The molecule has 146 valence electrons. The molecule has 1 atom stereocenters. The van der Waals surface area contributed by atoms with Crippen LogP contribution >= 0.6 is 11.3 Å². The maximum absolute atomic E-state index is 12.4. The lowest BCUT2D eigenvalue weighted by Gasteiger charge is -2.33. The van der Waals surface area contributed by atoms with E-state index in [9.17, 15) is 4.79 Å². The number of nitrogens with one attached hydrogen (secondary N) is 1. The topological polar surface area (TPSA) is 63.7 Å². The van der Waals surface area contributed by atoms with E-state index in [-0.39, 0.29) is 12.0 Å². The molecule has 1 amide bonds. The van der Waals surface area contributed by atoms with E-state index in [0.29, 0.717) is 24.8 Å². The molecule has 0 aliphatic carbocycles. The van der Waals surface area contributed by atoms with Crippen LogP contribution in [0.4, 0.5) is 0 Å². The highest BCUT2D eigenvalue weighted by Gasteiger charge is 2.22. The van der Waals surface area contributed by atoms with Gasteiger partial charge in [-0.25, -0.2) is 4.98 Å². The van der Waals surface area contributed by atoms with Crippen LogP contribution in [0.5, 0.6) is 5.75 Å². The monoisotopic (exact) mass is 389 g/mol. The summed E-state index contributed by atoms with van der Waals surface area (Å²) in [5.41, 5.74) is 1.42. The molecule has 2 heterocycles. The highest BCUT2D eigenvalue weighted by molar-refractivity contribution is 7.13. The minimum Gasteiger partial charge on any atom is -0.497 e. The summed E-state index contributed by atoms with van der Waals surface area (Å²) in [5.74, 6) is 1.27. The van der Waals surface area contributed by atoms with Crippen LogP contribution in [0.1, 0.15) is 24.3 Å². The molecule has 0 spiro atoms. The molecule has 1 N–H and O–H groups in total. The predicted octanol–water partition coefficient (Wildman–Crippen LogP) is 2.91. The molecule has 1 aromatic heterocycles. The van der Waals surface area contributed by atoms with E-state index in [1.165, 1.54) is 11.3 Å². The summed E-state index contributed by atoms with van der Waals surface area (Å²) in [6, 6.07) is 7.66. The number of ether oxygens (including phenoxy) is 2. The Hall–Kier alpha value is -1.96. The number of benzene rings is 1. The molecule has 1 saturated heterocycles. The molecule has 1 unspecified atom stereocenters. The number of thiazole rings is 1. The van der Waals surface area contributed by atoms with Crippen molar-refractivity contribution in [2.45, 2.75) is 20.0 Å². The summed E-state index contributed by atoms with van der Waals surface area (Å²) in [7, 11) is 1.64. The average Bonchev–Trinajstić information content (AvgIpc) is 3.16. The first kappa shape index (κ1) is 19.8. The lowest BCUT2D eigenvalue weighted by atomic mass is 10.2. The molecule has 1 aliphatic heterocycles. The Bertz CT molecular complexity index is 745. The molecule has 0 radical (unpaired) electrons. The fraction of sp³-hybridized carbons (Fsp3) is 0.500. The Labute approximate surface area is 164 Å². The normalized spacial score (nSPS) is 17.9. The maximum Gasteiger partial charge on any atom is 0.270 e. The highest BCUT2D eigenvalue weighted by atomic mass is 32.1. The second-order valence-electron chi connectivity index (χ2n) is 7.12. The third-order valence-electron chi connectivity index (χ3n) is 4.41. The number of nitrogens with zero attached hydrogens (tertiary/aromatic N) is 2. The van der Waals surface area contributed by atoms with E-state index in [1.807, 2.05) is 24.3 Å². The first-order valence-electron chi connectivity index (χ1n) is 9.27. The summed E-state index contributed by atoms with van der Waals surface area (Å²) < 4.78 is 11.0. The van der Waals surface area contributed by atoms with Gasteiger partial charge in [-0.2, -0.15) is 0 Å². The van der Waals surface area contributed by atoms with Gasteiger partial charge in [0.05, 0.1) is 19.8 Å². The van der Waals surface area contributed by atoms with Gasteiger partial charge in [0.15, 0.2) is 0 Å². The predicted molar refractivity (Wildman–Crippen MR) is 107 cm³/mol. The van der Waals surface area contributed by atoms with Crippen molar-refractivity contribution < 1.29 is 14.3 Å².